The molecule has 0 aliphatic carbocycles. The monoisotopic (exact) mass is 236 g/mol. The third kappa shape index (κ3) is 2.78. The van der Waals surface area contributed by atoms with Crippen LogP contribution in [-0.2, 0) is 6.42 Å². The van der Waals surface area contributed by atoms with Crippen molar-refractivity contribution in [1.29, 1.82) is 0 Å². The van der Waals surface area contributed by atoms with Crippen molar-refractivity contribution < 1.29 is 5.11 Å². The molecule has 0 spiro atoms. The summed E-state index contributed by atoms with van der Waals surface area (Å²) in [5, 5.41) is 10.7. The molecular weight excluding hydrogens is 220 g/mol. The molecule has 0 unspecified atom stereocenters. The number of thiazole rings is 1. The number of para-hydroxylation sites is 1. The van der Waals surface area contributed by atoms with Gasteiger partial charge in [-0.1, -0.05) is 12.1 Å². The molecule has 0 bridgehead atoms. The van der Waals surface area contributed by atoms with E-state index in [-0.39, 0.29) is 6.10 Å². The summed E-state index contributed by atoms with van der Waals surface area (Å²) in [6.45, 7) is 0.543. The van der Waals surface area contributed by atoms with E-state index in [0.29, 0.717) is 13.0 Å². The van der Waals surface area contributed by atoms with Crippen molar-refractivity contribution in [3.63, 3.8) is 0 Å². The molecular formula is C12H16N2OS. The number of aryl methyl sites for hydroxylation is 1. The first-order valence-electron chi connectivity index (χ1n) is 5.52. The summed E-state index contributed by atoms with van der Waals surface area (Å²) in [7, 11) is 0. The van der Waals surface area contributed by atoms with Crippen LogP contribution in [0.4, 0.5) is 0 Å². The van der Waals surface area contributed by atoms with Gasteiger partial charge in [0.05, 0.1) is 21.3 Å². The van der Waals surface area contributed by atoms with Crippen LogP contribution >= 0.6 is 11.3 Å². The molecule has 1 aromatic heterocycles. The van der Waals surface area contributed by atoms with Crippen LogP contribution in [0.1, 0.15) is 17.8 Å². The van der Waals surface area contributed by atoms with Gasteiger partial charge in [0.25, 0.3) is 0 Å². The molecule has 3 nitrogen and oxygen atoms in total. The molecule has 0 fully saturated rings. The van der Waals surface area contributed by atoms with Gasteiger partial charge in [-0.3, -0.25) is 0 Å². The lowest BCUT2D eigenvalue weighted by atomic mass is 10.1. The van der Waals surface area contributed by atoms with Gasteiger partial charge in [0.15, 0.2) is 0 Å². The topological polar surface area (TPSA) is 59.1 Å². The van der Waals surface area contributed by atoms with E-state index in [4.69, 9.17) is 5.73 Å². The molecule has 0 saturated heterocycles. The number of aliphatic hydroxyl groups is 1. The molecule has 86 valence electrons. The second-order valence-electron chi connectivity index (χ2n) is 3.85. The molecule has 0 aliphatic rings. The molecule has 4 heteroatoms. The Hall–Kier alpha value is -0.970. The smallest absolute Gasteiger partial charge is 0.0939 e. The number of hydrogen-bond acceptors (Lipinski definition) is 4. The highest BCUT2D eigenvalue weighted by atomic mass is 32.1. The van der Waals surface area contributed by atoms with Gasteiger partial charge in [0, 0.05) is 6.42 Å². The quantitative estimate of drug-likeness (QED) is 0.834. The molecule has 0 radical (unpaired) electrons. The average molecular weight is 236 g/mol. The molecule has 16 heavy (non-hydrogen) atoms. The van der Waals surface area contributed by atoms with Gasteiger partial charge in [-0.05, 0) is 31.5 Å². The van der Waals surface area contributed by atoms with Crippen LogP contribution in [0.25, 0.3) is 10.2 Å². The minimum absolute atomic E-state index is 0.294. The number of benzene rings is 1. The molecule has 1 heterocycles. The third-order valence-corrected chi connectivity index (χ3v) is 3.63. The Balaban J connectivity index is 1.99. The van der Waals surface area contributed by atoms with E-state index in [0.717, 1.165) is 23.4 Å². The van der Waals surface area contributed by atoms with Gasteiger partial charge in [0.1, 0.15) is 0 Å². The molecule has 3 N–H and O–H groups in total. The van der Waals surface area contributed by atoms with Crippen LogP contribution < -0.4 is 5.73 Å². The van der Waals surface area contributed by atoms with E-state index < -0.39 is 0 Å². The first-order valence-corrected chi connectivity index (χ1v) is 6.34. The maximum absolute atomic E-state index is 9.58. The van der Waals surface area contributed by atoms with Gasteiger partial charge in [-0.25, -0.2) is 4.98 Å². The van der Waals surface area contributed by atoms with Crippen molar-refractivity contribution >= 4 is 21.6 Å². The Morgan fingerprint density at radius 2 is 2.12 bits per heavy atom. The van der Waals surface area contributed by atoms with E-state index in [9.17, 15) is 5.11 Å². The van der Waals surface area contributed by atoms with Crippen LogP contribution in [0.3, 0.4) is 0 Å². The van der Waals surface area contributed by atoms with Gasteiger partial charge in [0.2, 0.25) is 0 Å². The third-order valence-electron chi connectivity index (χ3n) is 2.53. The Kier molecular flexibility index (Phi) is 3.88. The lowest BCUT2D eigenvalue weighted by molar-refractivity contribution is 0.157. The SMILES string of the molecule is NCC[C@@H](O)CCc1nc2ccccc2s1. The van der Waals surface area contributed by atoms with E-state index >= 15 is 0 Å². The van der Waals surface area contributed by atoms with Gasteiger partial charge in [-0.2, -0.15) is 0 Å². The molecule has 2 aromatic rings. The van der Waals surface area contributed by atoms with E-state index in [1.807, 2.05) is 18.2 Å². The Bertz CT molecular complexity index is 422. The van der Waals surface area contributed by atoms with Crippen molar-refractivity contribution in [2.75, 3.05) is 6.54 Å². The zero-order valence-electron chi connectivity index (χ0n) is 9.10. The summed E-state index contributed by atoms with van der Waals surface area (Å²) >= 11 is 1.70. The first kappa shape index (κ1) is 11.5. The largest absolute Gasteiger partial charge is 0.393 e. The maximum Gasteiger partial charge on any atom is 0.0939 e. The summed E-state index contributed by atoms with van der Waals surface area (Å²) in [4.78, 5) is 4.52. The predicted molar refractivity (Wildman–Crippen MR) is 67.6 cm³/mol. The molecule has 0 amide bonds. The number of aromatic nitrogens is 1. The number of hydrogen-bond donors (Lipinski definition) is 2. The molecule has 0 aliphatic heterocycles. The van der Waals surface area contributed by atoms with E-state index in [1.54, 1.807) is 11.3 Å². The molecule has 1 aromatic carbocycles. The minimum Gasteiger partial charge on any atom is -0.393 e. The lowest BCUT2D eigenvalue weighted by Crippen LogP contribution is -2.13. The van der Waals surface area contributed by atoms with E-state index in [2.05, 4.69) is 11.1 Å². The summed E-state index contributed by atoms with van der Waals surface area (Å²) in [6, 6.07) is 8.11. The van der Waals surface area contributed by atoms with Crippen LogP contribution in [0.5, 0.6) is 0 Å². The average Bonchev–Trinajstić information content (AvgIpc) is 2.69. The highest BCUT2D eigenvalue weighted by Crippen LogP contribution is 2.22. The van der Waals surface area contributed by atoms with Crippen molar-refractivity contribution in [3.05, 3.63) is 29.3 Å². The Morgan fingerprint density at radius 3 is 2.88 bits per heavy atom. The fraction of sp³-hybridized carbons (Fsp3) is 0.417. The Labute approximate surface area is 98.9 Å². The highest BCUT2D eigenvalue weighted by molar-refractivity contribution is 7.18. The number of nitrogens with two attached hydrogens (primary N) is 1. The zero-order chi connectivity index (χ0) is 11.4. The first-order chi connectivity index (χ1) is 7.79. The van der Waals surface area contributed by atoms with Gasteiger partial charge in [-0.15, -0.1) is 11.3 Å². The number of fused-ring (bicyclic) bond motifs is 1. The van der Waals surface area contributed by atoms with Crippen molar-refractivity contribution in [1.82, 2.24) is 4.98 Å². The van der Waals surface area contributed by atoms with Crippen LogP contribution in [0.15, 0.2) is 24.3 Å². The van der Waals surface area contributed by atoms with Gasteiger partial charge < -0.3 is 10.8 Å². The summed E-state index contributed by atoms with van der Waals surface area (Å²) < 4.78 is 1.21. The standard InChI is InChI=1S/C12H16N2OS/c13-8-7-9(15)5-6-12-14-10-3-1-2-4-11(10)16-12/h1-4,9,15H,5-8,13H2/t9-/m0/s1. The predicted octanol–water partition coefficient (Wildman–Crippen LogP) is 1.94. The summed E-state index contributed by atoms with van der Waals surface area (Å²) in [5.74, 6) is 0. The maximum atomic E-state index is 9.58. The second kappa shape index (κ2) is 5.39. The normalized spacial score (nSPS) is 13.1. The fourth-order valence-electron chi connectivity index (χ4n) is 1.65. The van der Waals surface area contributed by atoms with Crippen LogP contribution in [0.2, 0.25) is 0 Å². The summed E-state index contributed by atoms with van der Waals surface area (Å²) in [5.41, 5.74) is 6.44. The van der Waals surface area contributed by atoms with Crippen LogP contribution in [-0.4, -0.2) is 22.7 Å². The van der Waals surface area contributed by atoms with Gasteiger partial charge >= 0.3 is 0 Å². The Morgan fingerprint density at radius 1 is 1.31 bits per heavy atom. The molecule has 2 rings (SSSR count). The number of aliphatic hydroxyl groups excluding tert-OH is 1. The van der Waals surface area contributed by atoms with Crippen molar-refractivity contribution in [3.8, 4) is 0 Å². The highest BCUT2D eigenvalue weighted by Gasteiger charge is 2.07. The number of nitrogens with zero attached hydrogens (tertiary/aromatic N) is 1. The number of rotatable bonds is 5. The van der Waals surface area contributed by atoms with E-state index in [1.165, 1.54) is 4.70 Å². The van der Waals surface area contributed by atoms with Crippen LogP contribution in [0, 0.1) is 0 Å². The fourth-order valence-corrected chi connectivity index (χ4v) is 2.64. The summed E-state index contributed by atoms with van der Waals surface area (Å²) in [6.07, 6.45) is 1.96. The lowest BCUT2D eigenvalue weighted by Gasteiger charge is -2.06. The second-order valence-corrected chi connectivity index (χ2v) is 4.96. The van der Waals surface area contributed by atoms with Crippen molar-refractivity contribution in [2.45, 2.75) is 25.4 Å². The molecule has 1 atom stereocenters. The molecule has 0 saturated carbocycles. The minimum atomic E-state index is -0.294. The zero-order valence-corrected chi connectivity index (χ0v) is 9.91. The van der Waals surface area contributed by atoms with Crippen molar-refractivity contribution in [2.24, 2.45) is 5.73 Å².